The first kappa shape index (κ1) is 20.2. The standard InChI is InChI=1S/C22H31FO5/c1-12-8-16-15-5-4-13-9-14(25)6-7-19(13,2)21(15,23)17(26)10-20(16,3)22(12,28)18(27)11-24/h9,12,15-17,24,26,28H,4-8,10-11H2,1-3H3/t12-,15+,16+,17+,19+,20+,21+,22+/m1/s1. The molecular formula is C22H31FO5. The van der Waals surface area contributed by atoms with Gasteiger partial charge in [0.2, 0.25) is 0 Å². The van der Waals surface area contributed by atoms with Crippen LogP contribution in [0.2, 0.25) is 0 Å². The van der Waals surface area contributed by atoms with Gasteiger partial charge in [-0.15, -0.1) is 0 Å². The summed E-state index contributed by atoms with van der Waals surface area (Å²) < 4.78 is 16.9. The van der Waals surface area contributed by atoms with Gasteiger partial charge in [-0.05, 0) is 50.0 Å². The van der Waals surface area contributed by atoms with E-state index >= 15 is 4.39 Å². The summed E-state index contributed by atoms with van der Waals surface area (Å²) in [5, 5.41) is 32.0. The number of alkyl halides is 1. The topological polar surface area (TPSA) is 94.8 Å². The molecule has 8 atom stereocenters. The van der Waals surface area contributed by atoms with Gasteiger partial charge in [-0.1, -0.05) is 26.3 Å². The summed E-state index contributed by atoms with van der Waals surface area (Å²) in [5.74, 6) is -1.82. The van der Waals surface area contributed by atoms with E-state index in [0.717, 1.165) is 5.57 Å². The van der Waals surface area contributed by atoms with Gasteiger partial charge < -0.3 is 15.3 Å². The number of aliphatic hydroxyl groups excluding tert-OH is 2. The number of ketones is 2. The Balaban J connectivity index is 1.83. The van der Waals surface area contributed by atoms with Gasteiger partial charge in [-0.25, -0.2) is 4.39 Å². The van der Waals surface area contributed by atoms with Crippen LogP contribution in [0.4, 0.5) is 4.39 Å². The predicted octanol–water partition coefficient (Wildman–Crippen LogP) is 2.12. The highest BCUT2D eigenvalue weighted by molar-refractivity contribution is 5.92. The summed E-state index contributed by atoms with van der Waals surface area (Å²) in [4.78, 5) is 24.5. The molecule has 0 saturated heterocycles. The lowest BCUT2D eigenvalue weighted by Crippen LogP contribution is -2.69. The van der Waals surface area contributed by atoms with E-state index < -0.39 is 52.4 Å². The summed E-state index contributed by atoms with van der Waals surface area (Å²) in [7, 11) is 0. The highest BCUT2D eigenvalue weighted by atomic mass is 19.1. The molecule has 0 bridgehead atoms. The molecule has 4 aliphatic carbocycles. The van der Waals surface area contributed by atoms with Crippen molar-refractivity contribution in [2.24, 2.45) is 28.6 Å². The highest BCUT2D eigenvalue weighted by Crippen LogP contribution is 2.71. The molecule has 3 saturated carbocycles. The van der Waals surface area contributed by atoms with Crippen LogP contribution in [0.15, 0.2) is 11.6 Å². The number of rotatable bonds is 2. The van der Waals surface area contributed by atoms with E-state index in [4.69, 9.17) is 0 Å². The lowest BCUT2D eigenvalue weighted by Gasteiger charge is -2.63. The van der Waals surface area contributed by atoms with Crippen LogP contribution < -0.4 is 0 Å². The maximum Gasteiger partial charge on any atom is 0.190 e. The first-order valence-corrected chi connectivity index (χ1v) is 10.4. The highest BCUT2D eigenvalue weighted by Gasteiger charge is 2.75. The number of aliphatic hydroxyl groups is 3. The van der Waals surface area contributed by atoms with Gasteiger partial charge in [0.15, 0.2) is 11.6 Å². The third kappa shape index (κ3) is 2.07. The molecule has 156 valence electrons. The van der Waals surface area contributed by atoms with E-state index in [2.05, 4.69) is 0 Å². The van der Waals surface area contributed by atoms with Crippen LogP contribution in [-0.4, -0.2) is 50.9 Å². The molecule has 28 heavy (non-hydrogen) atoms. The van der Waals surface area contributed by atoms with Crippen molar-refractivity contribution in [3.63, 3.8) is 0 Å². The largest absolute Gasteiger partial charge is 0.390 e. The number of allylic oxidation sites excluding steroid dienone is 1. The van der Waals surface area contributed by atoms with Crippen LogP contribution in [0.25, 0.3) is 0 Å². The number of hydrogen-bond donors (Lipinski definition) is 3. The van der Waals surface area contributed by atoms with Crippen LogP contribution in [0.5, 0.6) is 0 Å². The minimum atomic E-state index is -1.89. The Labute approximate surface area is 165 Å². The molecule has 3 N–H and O–H groups in total. The Hall–Kier alpha value is -1.11. The monoisotopic (exact) mass is 394 g/mol. The summed E-state index contributed by atoms with van der Waals surface area (Å²) >= 11 is 0. The second-order valence-electron chi connectivity index (χ2n) is 10.1. The fourth-order valence-electron chi connectivity index (χ4n) is 7.62. The van der Waals surface area contributed by atoms with E-state index in [9.17, 15) is 24.9 Å². The lowest BCUT2D eigenvalue weighted by atomic mass is 9.44. The molecule has 4 rings (SSSR count). The Kier molecular flexibility index (Phi) is 4.29. The second-order valence-corrected chi connectivity index (χ2v) is 10.1. The minimum Gasteiger partial charge on any atom is -0.390 e. The number of halogens is 1. The lowest BCUT2D eigenvalue weighted by molar-refractivity contribution is -0.228. The summed E-state index contributed by atoms with van der Waals surface area (Å²) in [5.41, 5.74) is -4.77. The zero-order valence-electron chi connectivity index (χ0n) is 16.9. The van der Waals surface area contributed by atoms with Crippen LogP contribution in [0, 0.1) is 28.6 Å². The molecule has 0 aromatic heterocycles. The van der Waals surface area contributed by atoms with E-state index in [1.165, 1.54) is 0 Å². The third-order valence-electron chi connectivity index (χ3n) is 9.19. The number of Topliss-reactive ketones (excluding diaryl/α,β-unsaturated/α-hetero) is 1. The number of hydrogen-bond acceptors (Lipinski definition) is 5. The van der Waals surface area contributed by atoms with Gasteiger partial charge in [0.25, 0.3) is 0 Å². The van der Waals surface area contributed by atoms with Crippen molar-refractivity contribution in [3.05, 3.63) is 11.6 Å². The van der Waals surface area contributed by atoms with Crippen molar-refractivity contribution < 1.29 is 29.3 Å². The number of carbonyl (C=O) groups excluding carboxylic acids is 2. The molecule has 0 heterocycles. The Morgan fingerprint density at radius 2 is 1.96 bits per heavy atom. The van der Waals surface area contributed by atoms with Crippen molar-refractivity contribution in [2.45, 2.75) is 76.7 Å². The molecule has 0 aliphatic heterocycles. The molecule has 6 heteroatoms. The molecule has 0 spiro atoms. The molecule has 0 radical (unpaired) electrons. The van der Waals surface area contributed by atoms with Gasteiger partial charge in [-0.2, -0.15) is 0 Å². The fourth-order valence-corrected chi connectivity index (χ4v) is 7.62. The van der Waals surface area contributed by atoms with Crippen molar-refractivity contribution in [3.8, 4) is 0 Å². The maximum atomic E-state index is 16.9. The van der Waals surface area contributed by atoms with E-state index in [1.54, 1.807) is 19.9 Å². The zero-order valence-corrected chi connectivity index (χ0v) is 16.9. The second kappa shape index (κ2) is 5.96. The summed E-state index contributed by atoms with van der Waals surface area (Å²) in [6.07, 6.45) is 2.41. The first-order chi connectivity index (χ1) is 13.0. The Bertz CT molecular complexity index is 764. The van der Waals surface area contributed by atoms with Crippen LogP contribution in [-0.2, 0) is 9.59 Å². The molecule has 3 fully saturated rings. The average molecular weight is 394 g/mol. The van der Waals surface area contributed by atoms with Gasteiger partial charge in [0.05, 0.1) is 6.10 Å². The van der Waals surface area contributed by atoms with Gasteiger partial charge in [-0.3, -0.25) is 9.59 Å². The predicted molar refractivity (Wildman–Crippen MR) is 100 cm³/mol. The smallest absolute Gasteiger partial charge is 0.190 e. The van der Waals surface area contributed by atoms with E-state index in [1.807, 2.05) is 6.92 Å². The maximum absolute atomic E-state index is 16.9. The number of carbonyl (C=O) groups is 2. The SMILES string of the molecule is C[C@@H]1C[C@H]2[C@@H]3CCC4=CC(=O)CC[C@]4(C)[C@@]3(F)[C@@H](O)C[C@]2(C)[C@@]1(O)C(=O)CO. The van der Waals surface area contributed by atoms with Gasteiger partial charge in [0, 0.05) is 23.2 Å². The Morgan fingerprint density at radius 3 is 2.61 bits per heavy atom. The summed E-state index contributed by atoms with van der Waals surface area (Å²) in [6, 6.07) is 0. The first-order valence-electron chi connectivity index (χ1n) is 10.4. The van der Waals surface area contributed by atoms with Crippen molar-refractivity contribution >= 4 is 11.6 Å². The van der Waals surface area contributed by atoms with Crippen molar-refractivity contribution in [2.75, 3.05) is 6.61 Å². The van der Waals surface area contributed by atoms with Crippen LogP contribution >= 0.6 is 0 Å². The quantitative estimate of drug-likeness (QED) is 0.667. The molecule has 0 aromatic carbocycles. The third-order valence-corrected chi connectivity index (χ3v) is 9.19. The molecule has 0 amide bonds. The minimum absolute atomic E-state index is 0.0158. The van der Waals surface area contributed by atoms with E-state index in [0.29, 0.717) is 25.7 Å². The molecular weight excluding hydrogens is 363 g/mol. The summed E-state index contributed by atoms with van der Waals surface area (Å²) in [6.45, 7) is 4.61. The van der Waals surface area contributed by atoms with Crippen LogP contribution in [0.3, 0.4) is 0 Å². The zero-order chi connectivity index (χ0) is 20.7. The van der Waals surface area contributed by atoms with Gasteiger partial charge in [0.1, 0.15) is 17.9 Å². The van der Waals surface area contributed by atoms with Crippen molar-refractivity contribution in [1.82, 2.24) is 0 Å². The molecule has 5 nitrogen and oxygen atoms in total. The number of fused-ring (bicyclic) bond motifs is 5. The Morgan fingerprint density at radius 1 is 1.29 bits per heavy atom. The van der Waals surface area contributed by atoms with Gasteiger partial charge >= 0.3 is 0 Å². The molecule has 0 unspecified atom stereocenters. The van der Waals surface area contributed by atoms with Crippen molar-refractivity contribution in [1.29, 1.82) is 0 Å². The molecule has 4 aliphatic rings. The van der Waals surface area contributed by atoms with E-state index in [-0.39, 0.29) is 24.5 Å². The molecule has 0 aromatic rings. The van der Waals surface area contributed by atoms with Crippen LogP contribution in [0.1, 0.15) is 59.3 Å². The fraction of sp³-hybridized carbons (Fsp3) is 0.818. The normalized spacial score (nSPS) is 53.1. The average Bonchev–Trinajstić information content (AvgIpc) is 2.84.